The first kappa shape index (κ1) is 32.2. The Labute approximate surface area is 281 Å². The summed E-state index contributed by atoms with van der Waals surface area (Å²) in [6, 6.07) is 5.61. The van der Waals surface area contributed by atoms with Crippen LogP contribution < -0.4 is 9.64 Å². The molecule has 0 N–H and O–H groups in total. The summed E-state index contributed by atoms with van der Waals surface area (Å²) in [6.45, 7) is 9.22. The Kier molecular flexibility index (Phi) is 8.90. The Hall–Kier alpha value is -4.36. The Balaban J connectivity index is 1.37. The Morgan fingerprint density at radius 2 is 1.85 bits per heavy atom. The van der Waals surface area contributed by atoms with E-state index in [4.69, 9.17) is 19.6 Å². The van der Waals surface area contributed by atoms with Crippen molar-refractivity contribution >= 4 is 39.1 Å². The number of benzene rings is 1. The van der Waals surface area contributed by atoms with Gasteiger partial charge in [0.05, 0.1) is 30.5 Å². The van der Waals surface area contributed by atoms with Gasteiger partial charge in [0.25, 0.3) is 0 Å². The summed E-state index contributed by atoms with van der Waals surface area (Å²) >= 11 is 1.44. The molecule has 7 rings (SSSR count). The minimum absolute atomic E-state index is 0.0401. The molecule has 10 nitrogen and oxygen atoms in total. The molecule has 2 aliphatic heterocycles. The van der Waals surface area contributed by atoms with Crippen LogP contribution in [0, 0.1) is 17.6 Å². The SMILES string of the molecule is C=CC(=O)N1CCn2nc(-c3nc(N4CCN(C(=O)C5CCC5)CC4)c4ccsc4c3-c3c(F)cc(F)cc3OCCOC)cc2[C@H]1C. The van der Waals surface area contributed by atoms with Crippen LogP contribution in [-0.4, -0.2) is 89.4 Å². The molecule has 0 radical (unpaired) electrons. The van der Waals surface area contributed by atoms with Crippen molar-refractivity contribution in [1.29, 1.82) is 0 Å². The second kappa shape index (κ2) is 13.3. The van der Waals surface area contributed by atoms with Gasteiger partial charge in [0.1, 0.15) is 41.2 Å². The highest BCUT2D eigenvalue weighted by Crippen LogP contribution is 2.47. The van der Waals surface area contributed by atoms with Crippen LogP contribution in [0.3, 0.4) is 0 Å². The molecule has 3 aliphatic rings. The third-order valence-electron chi connectivity index (χ3n) is 9.71. The van der Waals surface area contributed by atoms with Crippen LogP contribution in [0.1, 0.15) is 37.9 Å². The Morgan fingerprint density at radius 1 is 1.06 bits per heavy atom. The number of rotatable bonds is 9. The van der Waals surface area contributed by atoms with Gasteiger partial charge in [0.15, 0.2) is 0 Å². The normalized spacial score (nSPS) is 18.2. The van der Waals surface area contributed by atoms with E-state index in [-0.39, 0.29) is 48.3 Å². The van der Waals surface area contributed by atoms with Gasteiger partial charge < -0.3 is 24.2 Å². The van der Waals surface area contributed by atoms with E-state index in [0.29, 0.717) is 62.0 Å². The van der Waals surface area contributed by atoms with Gasteiger partial charge in [-0.05, 0) is 43.4 Å². The van der Waals surface area contributed by atoms with Crippen molar-refractivity contribution in [1.82, 2.24) is 24.6 Å². The molecule has 1 saturated carbocycles. The quantitative estimate of drug-likeness (QED) is 0.167. The zero-order chi connectivity index (χ0) is 33.5. The lowest BCUT2D eigenvalue weighted by atomic mass is 9.84. The molecule has 2 amide bonds. The van der Waals surface area contributed by atoms with E-state index in [1.165, 1.54) is 30.6 Å². The van der Waals surface area contributed by atoms with Gasteiger partial charge in [-0.2, -0.15) is 5.10 Å². The highest BCUT2D eigenvalue weighted by molar-refractivity contribution is 7.18. The number of amides is 2. The molecule has 1 aromatic carbocycles. The van der Waals surface area contributed by atoms with Crippen LogP contribution in [0.2, 0.25) is 0 Å². The number of carbonyl (C=O) groups is 2. The number of fused-ring (bicyclic) bond motifs is 2. The van der Waals surface area contributed by atoms with Crippen LogP contribution >= 0.6 is 11.3 Å². The number of hydrogen-bond acceptors (Lipinski definition) is 8. The maximum absolute atomic E-state index is 16.1. The number of hydrogen-bond donors (Lipinski definition) is 0. The van der Waals surface area contributed by atoms with Crippen molar-refractivity contribution in [3.05, 3.63) is 59.6 Å². The third-order valence-corrected chi connectivity index (χ3v) is 10.6. The van der Waals surface area contributed by atoms with E-state index >= 15 is 4.39 Å². The number of anilines is 1. The number of nitrogens with zero attached hydrogens (tertiary/aromatic N) is 6. The summed E-state index contributed by atoms with van der Waals surface area (Å²) in [4.78, 5) is 36.7. The minimum atomic E-state index is -0.781. The van der Waals surface area contributed by atoms with Gasteiger partial charge in [0.2, 0.25) is 11.8 Å². The standard InChI is InChI=1S/C35H38F2N6O4S/c1-4-29(44)42-13-14-43-27(21(42)2)20-26(39-43)32-31(30-25(37)18-23(36)19-28(30)47-16-15-46-3)33-24(8-17-48-33)34(38-32)40-9-11-41(12-10-40)35(45)22-6-5-7-22/h4,8,17-22H,1,5-7,9-16H2,2-3H3/t21-/m1/s1. The van der Waals surface area contributed by atoms with Crippen molar-refractivity contribution in [3.63, 3.8) is 0 Å². The summed E-state index contributed by atoms with van der Waals surface area (Å²) in [5.41, 5.74) is 2.28. The molecular formula is C35H38F2N6O4S. The topological polar surface area (TPSA) is 93.0 Å². The second-order valence-corrected chi connectivity index (χ2v) is 13.4. The van der Waals surface area contributed by atoms with Crippen molar-refractivity contribution < 1.29 is 27.8 Å². The predicted molar refractivity (Wildman–Crippen MR) is 180 cm³/mol. The van der Waals surface area contributed by atoms with Crippen molar-refractivity contribution in [2.45, 2.75) is 38.8 Å². The van der Waals surface area contributed by atoms with Crippen LogP contribution in [0.4, 0.5) is 14.6 Å². The fourth-order valence-corrected chi connectivity index (χ4v) is 7.84. The lowest BCUT2D eigenvalue weighted by Crippen LogP contribution is -2.51. The summed E-state index contributed by atoms with van der Waals surface area (Å²) < 4.78 is 44.4. The van der Waals surface area contributed by atoms with Gasteiger partial charge in [0, 0.05) is 73.5 Å². The molecule has 1 atom stereocenters. The molecule has 1 saturated heterocycles. The molecule has 13 heteroatoms. The second-order valence-electron chi connectivity index (χ2n) is 12.5. The molecule has 3 aromatic heterocycles. The van der Waals surface area contributed by atoms with Crippen LogP contribution in [0.25, 0.3) is 32.6 Å². The fourth-order valence-electron chi connectivity index (χ4n) is 6.90. The molecule has 0 spiro atoms. The molecule has 1 aliphatic carbocycles. The summed E-state index contributed by atoms with van der Waals surface area (Å²) in [5.74, 6) is -0.576. The van der Waals surface area contributed by atoms with Crippen molar-refractivity contribution in [3.8, 4) is 28.3 Å². The number of carbonyl (C=O) groups excluding carboxylic acids is 2. The molecule has 2 fully saturated rings. The minimum Gasteiger partial charge on any atom is -0.490 e. The zero-order valence-electron chi connectivity index (χ0n) is 27.1. The average Bonchev–Trinajstić information content (AvgIpc) is 3.72. The number of pyridine rings is 1. The zero-order valence-corrected chi connectivity index (χ0v) is 27.9. The molecular weight excluding hydrogens is 638 g/mol. The molecule has 252 valence electrons. The lowest BCUT2D eigenvalue weighted by molar-refractivity contribution is -0.138. The lowest BCUT2D eigenvalue weighted by Gasteiger charge is -2.39. The number of halogens is 2. The highest BCUT2D eigenvalue weighted by atomic mass is 32.1. The number of methoxy groups -OCH3 is 1. The van der Waals surface area contributed by atoms with Crippen LogP contribution in [0.5, 0.6) is 5.75 Å². The number of aromatic nitrogens is 3. The maximum atomic E-state index is 16.1. The van der Waals surface area contributed by atoms with Crippen molar-refractivity contribution in [2.24, 2.45) is 5.92 Å². The predicted octanol–water partition coefficient (Wildman–Crippen LogP) is 5.67. The van der Waals surface area contributed by atoms with Gasteiger partial charge in [-0.3, -0.25) is 14.3 Å². The van der Waals surface area contributed by atoms with E-state index in [2.05, 4.69) is 11.5 Å². The van der Waals surface area contributed by atoms with E-state index in [1.807, 2.05) is 34.0 Å². The largest absolute Gasteiger partial charge is 0.490 e. The number of ether oxygens (including phenoxy) is 2. The van der Waals surface area contributed by atoms with E-state index < -0.39 is 11.6 Å². The molecule has 4 aromatic rings. The third kappa shape index (κ3) is 5.72. The van der Waals surface area contributed by atoms with Crippen molar-refractivity contribution in [2.75, 3.05) is 57.9 Å². The fraction of sp³-hybridized carbons (Fsp3) is 0.429. The Morgan fingerprint density at radius 3 is 2.56 bits per heavy atom. The van der Waals surface area contributed by atoms with E-state index in [1.54, 1.807) is 4.90 Å². The summed E-state index contributed by atoms with van der Waals surface area (Å²) in [5, 5.41) is 7.70. The van der Waals surface area contributed by atoms with E-state index in [0.717, 1.165) is 41.1 Å². The number of piperazine rings is 1. The number of thiophene rings is 1. The average molecular weight is 677 g/mol. The van der Waals surface area contributed by atoms with Gasteiger partial charge in [-0.1, -0.05) is 13.0 Å². The smallest absolute Gasteiger partial charge is 0.246 e. The van der Waals surface area contributed by atoms with Gasteiger partial charge in [-0.15, -0.1) is 11.3 Å². The first-order valence-electron chi connectivity index (χ1n) is 16.4. The summed E-state index contributed by atoms with van der Waals surface area (Å²) in [7, 11) is 1.53. The van der Waals surface area contributed by atoms with E-state index in [9.17, 15) is 14.0 Å². The summed E-state index contributed by atoms with van der Waals surface area (Å²) in [6.07, 6.45) is 4.34. The molecule has 48 heavy (non-hydrogen) atoms. The first-order chi connectivity index (χ1) is 23.3. The van der Waals surface area contributed by atoms with Crippen LogP contribution in [-0.2, 0) is 20.9 Å². The molecule has 0 bridgehead atoms. The molecule has 0 unspecified atom stereocenters. The Bertz CT molecular complexity index is 1880. The first-order valence-corrected chi connectivity index (χ1v) is 17.2. The van der Waals surface area contributed by atoms with Gasteiger partial charge >= 0.3 is 0 Å². The molecule has 5 heterocycles. The monoisotopic (exact) mass is 676 g/mol. The maximum Gasteiger partial charge on any atom is 0.246 e. The van der Waals surface area contributed by atoms with Gasteiger partial charge in [-0.25, -0.2) is 13.8 Å². The van der Waals surface area contributed by atoms with Crippen LogP contribution in [0.15, 0.2) is 42.3 Å². The highest BCUT2D eigenvalue weighted by Gasteiger charge is 2.34.